The molecule has 2 heterocycles. The second kappa shape index (κ2) is 7.75. The van der Waals surface area contributed by atoms with E-state index in [4.69, 9.17) is 4.74 Å². The second-order valence-corrected chi connectivity index (χ2v) is 8.84. The number of ether oxygens (including phenoxy) is 1. The molecule has 1 atom stereocenters. The number of fused-ring (bicyclic) bond motifs is 1. The Hall–Kier alpha value is -2.68. The highest BCUT2D eigenvalue weighted by atomic mass is 32.2. The number of rotatable bonds is 7. The van der Waals surface area contributed by atoms with Crippen LogP contribution in [0.2, 0.25) is 0 Å². The number of nitrogens with zero attached hydrogens (tertiary/aromatic N) is 4. The number of nitrogens with one attached hydrogen (secondary N) is 1. The van der Waals surface area contributed by atoms with Gasteiger partial charge in [0.25, 0.3) is 5.16 Å². The van der Waals surface area contributed by atoms with E-state index >= 15 is 0 Å². The van der Waals surface area contributed by atoms with Crippen molar-refractivity contribution < 1.29 is 13.2 Å². The molecule has 0 saturated heterocycles. The van der Waals surface area contributed by atoms with Gasteiger partial charge in [0.05, 0.1) is 18.8 Å². The van der Waals surface area contributed by atoms with Crippen LogP contribution in [0, 0.1) is 0 Å². The maximum absolute atomic E-state index is 12.1. The highest BCUT2D eigenvalue weighted by molar-refractivity contribution is 7.90. The zero-order valence-electron chi connectivity index (χ0n) is 16.7. The summed E-state index contributed by atoms with van der Waals surface area (Å²) >= 11 is 0. The molecule has 1 unspecified atom stereocenters. The summed E-state index contributed by atoms with van der Waals surface area (Å²) in [4.78, 5) is 8.49. The third-order valence-corrected chi connectivity index (χ3v) is 5.21. The Morgan fingerprint density at radius 3 is 2.50 bits per heavy atom. The van der Waals surface area contributed by atoms with Crippen molar-refractivity contribution in [3.63, 3.8) is 0 Å². The lowest BCUT2D eigenvalue weighted by molar-refractivity contribution is 0.335. The van der Waals surface area contributed by atoms with Crippen molar-refractivity contribution in [2.24, 2.45) is 0 Å². The van der Waals surface area contributed by atoms with Crippen molar-refractivity contribution in [2.75, 3.05) is 18.2 Å². The summed E-state index contributed by atoms with van der Waals surface area (Å²) in [5, 5.41) is 7.41. The van der Waals surface area contributed by atoms with E-state index in [-0.39, 0.29) is 17.1 Å². The molecule has 2 aromatic heterocycles. The first-order chi connectivity index (χ1) is 13.2. The molecule has 0 aliphatic rings. The van der Waals surface area contributed by atoms with Crippen molar-refractivity contribution in [1.29, 1.82) is 0 Å². The van der Waals surface area contributed by atoms with Gasteiger partial charge in [0, 0.05) is 17.4 Å². The van der Waals surface area contributed by atoms with Crippen LogP contribution in [0.1, 0.15) is 50.8 Å². The molecule has 3 rings (SSSR count). The van der Waals surface area contributed by atoms with Gasteiger partial charge in [0.2, 0.25) is 15.8 Å². The molecule has 0 fully saturated rings. The van der Waals surface area contributed by atoms with E-state index in [1.165, 1.54) is 0 Å². The summed E-state index contributed by atoms with van der Waals surface area (Å²) in [6, 6.07) is 7.51. The minimum Gasteiger partial charge on any atom is -0.494 e. The zero-order chi connectivity index (χ0) is 20.5. The van der Waals surface area contributed by atoms with E-state index in [2.05, 4.69) is 20.4 Å². The van der Waals surface area contributed by atoms with Crippen LogP contribution in [0.5, 0.6) is 5.75 Å². The van der Waals surface area contributed by atoms with E-state index in [1.807, 2.05) is 52.0 Å². The van der Waals surface area contributed by atoms with Crippen LogP contribution in [0.25, 0.3) is 5.65 Å². The van der Waals surface area contributed by atoms with Crippen LogP contribution in [0.3, 0.4) is 0 Å². The Balaban J connectivity index is 2.10. The van der Waals surface area contributed by atoms with Crippen molar-refractivity contribution in [3.8, 4) is 5.75 Å². The number of benzene rings is 1. The minimum absolute atomic E-state index is 0.142. The summed E-state index contributed by atoms with van der Waals surface area (Å²) in [6.07, 6.45) is 2.80. The fourth-order valence-corrected chi connectivity index (χ4v) is 3.44. The van der Waals surface area contributed by atoms with Crippen LogP contribution >= 0.6 is 0 Å². The standard InChI is InChI=1S/C19H25N5O3S/c1-6-27-16-10-8-7-9-14(16)13(4)21-18-23-19(28(5,25)26)22-17-15(12(2)3)11-20-24(17)18/h7-13H,6H2,1-5H3,(H,21,22,23). The molecule has 0 aliphatic carbocycles. The normalized spacial score (nSPS) is 13.1. The molecule has 0 radical (unpaired) electrons. The number of anilines is 1. The highest BCUT2D eigenvalue weighted by Gasteiger charge is 2.21. The van der Waals surface area contributed by atoms with Crippen molar-refractivity contribution in [3.05, 3.63) is 41.6 Å². The van der Waals surface area contributed by atoms with Crippen LogP contribution in [-0.4, -0.2) is 40.9 Å². The van der Waals surface area contributed by atoms with Gasteiger partial charge in [-0.1, -0.05) is 32.0 Å². The Morgan fingerprint density at radius 1 is 1.14 bits per heavy atom. The van der Waals surface area contributed by atoms with E-state index in [9.17, 15) is 8.42 Å². The first kappa shape index (κ1) is 20.1. The van der Waals surface area contributed by atoms with Gasteiger partial charge in [-0.25, -0.2) is 8.42 Å². The lowest BCUT2D eigenvalue weighted by atomic mass is 10.1. The SMILES string of the molecule is CCOc1ccccc1C(C)Nc1nc(S(C)(=O)=O)nc2c(C(C)C)cnn12. The molecule has 9 heteroatoms. The summed E-state index contributed by atoms with van der Waals surface area (Å²) in [6.45, 7) is 8.45. The summed E-state index contributed by atoms with van der Waals surface area (Å²) < 4.78 is 31.5. The molecular weight excluding hydrogens is 378 g/mol. The van der Waals surface area contributed by atoms with Crippen LogP contribution < -0.4 is 10.1 Å². The lowest BCUT2D eigenvalue weighted by Crippen LogP contribution is -2.16. The summed E-state index contributed by atoms with van der Waals surface area (Å²) in [5.74, 6) is 1.22. The topological polar surface area (TPSA) is 98.5 Å². The predicted octanol–water partition coefficient (Wildman–Crippen LogP) is 3.22. The molecule has 1 aromatic carbocycles. The Labute approximate surface area is 164 Å². The van der Waals surface area contributed by atoms with Crippen molar-refractivity contribution in [2.45, 2.75) is 44.8 Å². The molecule has 3 aromatic rings. The van der Waals surface area contributed by atoms with Gasteiger partial charge in [-0.15, -0.1) is 0 Å². The van der Waals surface area contributed by atoms with Crippen molar-refractivity contribution in [1.82, 2.24) is 19.6 Å². The van der Waals surface area contributed by atoms with Gasteiger partial charge in [-0.2, -0.15) is 19.6 Å². The van der Waals surface area contributed by atoms with E-state index < -0.39 is 9.84 Å². The van der Waals surface area contributed by atoms with Gasteiger partial charge >= 0.3 is 0 Å². The largest absolute Gasteiger partial charge is 0.494 e. The molecule has 0 aliphatic heterocycles. The fraction of sp³-hybridized carbons (Fsp3) is 0.421. The van der Waals surface area contributed by atoms with Crippen LogP contribution in [0.4, 0.5) is 5.95 Å². The number of hydrogen-bond acceptors (Lipinski definition) is 7. The lowest BCUT2D eigenvalue weighted by Gasteiger charge is -2.19. The molecule has 0 amide bonds. The van der Waals surface area contributed by atoms with Gasteiger partial charge in [-0.05, 0) is 25.8 Å². The van der Waals surface area contributed by atoms with E-state index in [0.717, 1.165) is 23.1 Å². The number of para-hydroxylation sites is 1. The average molecular weight is 404 g/mol. The maximum atomic E-state index is 12.1. The molecular formula is C19H25N5O3S. The monoisotopic (exact) mass is 403 g/mol. The number of sulfone groups is 1. The van der Waals surface area contributed by atoms with Gasteiger partial charge < -0.3 is 10.1 Å². The van der Waals surface area contributed by atoms with Crippen LogP contribution in [0.15, 0.2) is 35.6 Å². The molecule has 8 nitrogen and oxygen atoms in total. The molecule has 0 bridgehead atoms. The zero-order valence-corrected chi connectivity index (χ0v) is 17.5. The van der Waals surface area contributed by atoms with Crippen LogP contribution in [-0.2, 0) is 9.84 Å². The van der Waals surface area contributed by atoms with Gasteiger partial charge in [-0.3, -0.25) is 0 Å². The second-order valence-electron chi connectivity index (χ2n) is 6.93. The van der Waals surface area contributed by atoms with Gasteiger partial charge in [0.1, 0.15) is 5.75 Å². The third kappa shape index (κ3) is 3.94. The predicted molar refractivity (Wildman–Crippen MR) is 108 cm³/mol. The van der Waals surface area contributed by atoms with Crippen molar-refractivity contribution >= 4 is 21.4 Å². The van der Waals surface area contributed by atoms with E-state index in [1.54, 1.807) is 10.7 Å². The molecule has 150 valence electrons. The molecule has 1 N–H and O–H groups in total. The highest BCUT2D eigenvalue weighted by Crippen LogP contribution is 2.28. The summed E-state index contributed by atoms with van der Waals surface area (Å²) in [5.41, 5.74) is 2.28. The Kier molecular flexibility index (Phi) is 5.55. The Morgan fingerprint density at radius 2 is 1.86 bits per heavy atom. The molecule has 0 saturated carbocycles. The quantitative estimate of drug-likeness (QED) is 0.647. The first-order valence-corrected chi connectivity index (χ1v) is 11.1. The Bertz CT molecular complexity index is 1090. The fourth-order valence-electron chi connectivity index (χ4n) is 2.94. The van der Waals surface area contributed by atoms with E-state index in [0.29, 0.717) is 18.2 Å². The molecule has 28 heavy (non-hydrogen) atoms. The maximum Gasteiger partial charge on any atom is 0.252 e. The van der Waals surface area contributed by atoms with Gasteiger partial charge in [0.15, 0.2) is 5.65 Å². The smallest absolute Gasteiger partial charge is 0.252 e. The molecule has 0 spiro atoms. The number of aromatic nitrogens is 4. The summed E-state index contributed by atoms with van der Waals surface area (Å²) in [7, 11) is -3.58. The third-order valence-electron chi connectivity index (χ3n) is 4.36. The average Bonchev–Trinajstić information content (AvgIpc) is 3.06. The number of hydrogen-bond donors (Lipinski definition) is 1. The first-order valence-electron chi connectivity index (χ1n) is 9.16. The minimum atomic E-state index is -3.58.